The van der Waals surface area contributed by atoms with Gasteiger partial charge in [0, 0.05) is 11.1 Å². The Balaban J connectivity index is 2.21. The molecule has 1 aliphatic rings. The van der Waals surface area contributed by atoms with E-state index in [1.165, 1.54) is 20.3 Å². The van der Waals surface area contributed by atoms with E-state index in [-0.39, 0.29) is 5.76 Å². The first-order valence-electron chi connectivity index (χ1n) is 8.72. The van der Waals surface area contributed by atoms with E-state index in [1.54, 1.807) is 36.4 Å². The van der Waals surface area contributed by atoms with Crippen LogP contribution in [0, 0.1) is 0 Å². The maximum Gasteiger partial charge on any atom is 0.534 e. The molecule has 0 radical (unpaired) electrons. The molecule has 0 fully saturated rings. The lowest BCUT2D eigenvalue weighted by atomic mass is 9.98. The zero-order valence-electron chi connectivity index (χ0n) is 15.7. The van der Waals surface area contributed by atoms with Crippen molar-refractivity contribution in [2.24, 2.45) is 0 Å². The largest absolute Gasteiger partial charge is 0.534 e. The summed E-state index contributed by atoms with van der Waals surface area (Å²) >= 11 is 0. The predicted molar refractivity (Wildman–Crippen MR) is 102 cm³/mol. The van der Waals surface area contributed by atoms with Gasteiger partial charge in [-0.05, 0) is 60.7 Å². The van der Waals surface area contributed by atoms with Crippen molar-refractivity contribution in [1.82, 2.24) is 0 Å². The summed E-state index contributed by atoms with van der Waals surface area (Å²) in [6, 6.07) is 11.4. The highest BCUT2D eigenvalue weighted by Crippen LogP contribution is 2.41. The van der Waals surface area contributed by atoms with Crippen LogP contribution in [0.2, 0.25) is 0 Å². The van der Waals surface area contributed by atoms with Gasteiger partial charge in [-0.25, -0.2) is 0 Å². The van der Waals surface area contributed by atoms with Crippen LogP contribution in [0.5, 0.6) is 11.5 Å². The average molecular weight is 428 g/mol. The number of benzene rings is 2. The second kappa shape index (κ2) is 7.98. The first-order chi connectivity index (χ1) is 13.7. The standard InChI is InChI=1S/C20H19F3O5S/c1-26-15-8-6-13(7-9-15)17-5-3-4-14-12-16(27-2)10-11-18(14)19(17)28-29(24,25)20(21,22)23/h6-12H,3-5H2,1-2H3. The molecule has 2 aromatic rings. The van der Waals surface area contributed by atoms with Crippen LogP contribution < -0.4 is 9.47 Å². The zero-order valence-corrected chi connectivity index (χ0v) is 16.6. The number of fused-ring (bicyclic) bond motifs is 1. The summed E-state index contributed by atoms with van der Waals surface area (Å²) in [7, 11) is -2.87. The molecule has 0 saturated carbocycles. The second-order valence-electron chi connectivity index (χ2n) is 6.40. The van der Waals surface area contributed by atoms with Crippen molar-refractivity contribution in [3.63, 3.8) is 0 Å². The van der Waals surface area contributed by atoms with Crippen LogP contribution in [0.25, 0.3) is 11.3 Å². The quantitative estimate of drug-likeness (QED) is 0.507. The molecule has 2 aromatic carbocycles. The van der Waals surface area contributed by atoms with Crippen molar-refractivity contribution < 1.29 is 35.2 Å². The third-order valence-corrected chi connectivity index (χ3v) is 5.57. The summed E-state index contributed by atoms with van der Waals surface area (Å²) in [5.41, 5.74) is -3.65. The topological polar surface area (TPSA) is 61.8 Å². The van der Waals surface area contributed by atoms with Gasteiger partial charge in [-0.15, -0.1) is 0 Å². The summed E-state index contributed by atoms with van der Waals surface area (Å²) in [5, 5.41) is 0. The highest BCUT2D eigenvalue weighted by atomic mass is 32.2. The van der Waals surface area contributed by atoms with Crippen molar-refractivity contribution in [1.29, 1.82) is 0 Å². The SMILES string of the molecule is COc1ccc(C2=C(OS(=O)(=O)C(F)(F)F)c3ccc(OC)cc3CCC2)cc1. The van der Waals surface area contributed by atoms with E-state index in [1.807, 2.05) is 0 Å². The van der Waals surface area contributed by atoms with Crippen LogP contribution in [0.4, 0.5) is 13.2 Å². The summed E-state index contributed by atoms with van der Waals surface area (Å²) < 4.78 is 77.7. The van der Waals surface area contributed by atoms with Gasteiger partial charge >= 0.3 is 15.6 Å². The van der Waals surface area contributed by atoms with Crippen LogP contribution in [-0.2, 0) is 20.7 Å². The van der Waals surface area contributed by atoms with Gasteiger partial charge < -0.3 is 13.7 Å². The smallest absolute Gasteiger partial charge is 0.497 e. The molecule has 0 amide bonds. The van der Waals surface area contributed by atoms with Crippen LogP contribution in [-0.4, -0.2) is 28.1 Å². The van der Waals surface area contributed by atoms with E-state index in [4.69, 9.17) is 13.7 Å². The number of allylic oxidation sites excluding steroid dienone is 1. The number of ether oxygens (including phenoxy) is 2. The third kappa shape index (κ3) is 4.34. The third-order valence-electron chi connectivity index (χ3n) is 4.62. The van der Waals surface area contributed by atoms with Crippen LogP contribution in [0.15, 0.2) is 42.5 Å². The average Bonchev–Trinajstić information content (AvgIpc) is 2.86. The summed E-state index contributed by atoms with van der Waals surface area (Å²) in [5.74, 6) is 0.774. The van der Waals surface area contributed by atoms with Gasteiger partial charge in [0.2, 0.25) is 0 Å². The van der Waals surface area contributed by atoms with E-state index in [0.29, 0.717) is 53.0 Å². The van der Waals surface area contributed by atoms with E-state index in [0.717, 1.165) is 0 Å². The van der Waals surface area contributed by atoms with Gasteiger partial charge in [-0.1, -0.05) is 12.1 Å². The fourth-order valence-corrected chi connectivity index (χ4v) is 3.68. The van der Waals surface area contributed by atoms with E-state index in [9.17, 15) is 21.6 Å². The minimum absolute atomic E-state index is 0.293. The first-order valence-corrected chi connectivity index (χ1v) is 10.1. The Labute approximate surface area is 166 Å². The van der Waals surface area contributed by atoms with Gasteiger partial charge in [-0.2, -0.15) is 21.6 Å². The Morgan fingerprint density at radius 3 is 2.10 bits per heavy atom. The Bertz CT molecular complexity index is 1030. The lowest BCUT2D eigenvalue weighted by Crippen LogP contribution is -2.25. The molecule has 9 heteroatoms. The minimum atomic E-state index is -5.84. The van der Waals surface area contributed by atoms with Gasteiger partial charge in [0.05, 0.1) is 14.2 Å². The molecule has 0 heterocycles. The molecule has 0 bridgehead atoms. The van der Waals surface area contributed by atoms with Crippen molar-refractivity contribution in [2.45, 2.75) is 24.8 Å². The highest BCUT2D eigenvalue weighted by Gasteiger charge is 2.49. The van der Waals surface area contributed by atoms with Crippen LogP contribution in [0.3, 0.4) is 0 Å². The lowest BCUT2D eigenvalue weighted by Gasteiger charge is -2.18. The van der Waals surface area contributed by atoms with Crippen molar-refractivity contribution in [2.75, 3.05) is 14.2 Å². The van der Waals surface area contributed by atoms with Gasteiger partial charge in [0.25, 0.3) is 0 Å². The molecule has 0 aromatic heterocycles. The number of hydrogen-bond donors (Lipinski definition) is 0. The summed E-state index contributed by atoms with van der Waals surface area (Å²) in [4.78, 5) is 0. The molecule has 0 aliphatic heterocycles. The van der Waals surface area contributed by atoms with Gasteiger partial charge in [0.1, 0.15) is 11.5 Å². The molecule has 0 saturated heterocycles. The van der Waals surface area contributed by atoms with Crippen molar-refractivity contribution in [3.05, 3.63) is 59.2 Å². The molecule has 5 nitrogen and oxygen atoms in total. The Hall–Kier alpha value is -2.68. The van der Waals surface area contributed by atoms with Gasteiger partial charge in [0.15, 0.2) is 5.76 Å². The van der Waals surface area contributed by atoms with Crippen LogP contribution in [0.1, 0.15) is 29.5 Å². The van der Waals surface area contributed by atoms with E-state index in [2.05, 4.69) is 0 Å². The fraction of sp³-hybridized carbons (Fsp3) is 0.300. The Kier molecular flexibility index (Phi) is 5.79. The number of alkyl halides is 3. The Morgan fingerprint density at radius 1 is 0.897 bits per heavy atom. The number of aryl methyl sites for hydroxylation is 1. The zero-order chi connectivity index (χ0) is 21.2. The molecule has 3 rings (SSSR count). The Morgan fingerprint density at radius 2 is 1.52 bits per heavy atom. The first kappa shape index (κ1) is 21.0. The predicted octanol–water partition coefficient (Wildman–Crippen LogP) is 4.77. The summed E-state index contributed by atoms with van der Waals surface area (Å²) in [6.07, 6.45) is 1.47. The normalized spacial score (nSPS) is 14.8. The molecule has 0 N–H and O–H groups in total. The molecule has 0 spiro atoms. The number of rotatable bonds is 5. The van der Waals surface area contributed by atoms with Crippen molar-refractivity contribution in [3.8, 4) is 11.5 Å². The maximum atomic E-state index is 13.0. The number of hydrogen-bond acceptors (Lipinski definition) is 5. The summed E-state index contributed by atoms with van der Waals surface area (Å²) in [6.45, 7) is 0. The molecule has 156 valence electrons. The monoisotopic (exact) mass is 428 g/mol. The molecular weight excluding hydrogens is 409 g/mol. The van der Waals surface area contributed by atoms with E-state index < -0.39 is 15.6 Å². The molecule has 0 atom stereocenters. The molecule has 1 aliphatic carbocycles. The second-order valence-corrected chi connectivity index (χ2v) is 7.93. The highest BCUT2D eigenvalue weighted by molar-refractivity contribution is 7.87. The lowest BCUT2D eigenvalue weighted by molar-refractivity contribution is -0.0509. The molecule has 29 heavy (non-hydrogen) atoms. The minimum Gasteiger partial charge on any atom is -0.497 e. The molecular formula is C20H19F3O5S. The fourth-order valence-electron chi connectivity index (χ4n) is 3.18. The maximum absolute atomic E-state index is 13.0. The molecule has 0 unspecified atom stereocenters. The van der Waals surface area contributed by atoms with Gasteiger partial charge in [-0.3, -0.25) is 0 Å². The van der Waals surface area contributed by atoms with Crippen LogP contribution >= 0.6 is 0 Å². The van der Waals surface area contributed by atoms with E-state index >= 15 is 0 Å². The number of methoxy groups -OCH3 is 2. The number of halogens is 3. The van der Waals surface area contributed by atoms with Crippen molar-refractivity contribution >= 4 is 21.5 Å².